The highest BCUT2D eigenvalue weighted by atomic mass is 19.1. The van der Waals surface area contributed by atoms with Gasteiger partial charge in [0.05, 0.1) is 23.4 Å². The number of nitrogens with zero attached hydrogens (tertiary/aromatic N) is 1. The first-order valence-corrected chi connectivity index (χ1v) is 4.63. The SMILES string of the molecule is C#CC(CC)Nc1ccc(C#N)cc1F. The van der Waals surface area contributed by atoms with E-state index < -0.39 is 5.82 Å². The van der Waals surface area contributed by atoms with Crippen molar-refractivity contribution in [3.8, 4) is 18.4 Å². The van der Waals surface area contributed by atoms with Gasteiger partial charge in [0.15, 0.2) is 0 Å². The Kier molecular flexibility index (Phi) is 3.71. The topological polar surface area (TPSA) is 35.8 Å². The molecule has 0 radical (unpaired) electrons. The minimum atomic E-state index is -0.456. The highest BCUT2D eigenvalue weighted by Gasteiger charge is 2.06. The molecule has 1 aromatic rings. The Labute approximate surface area is 88.7 Å². The summed E-state index contributed by atoms with van der Waals surface area (Å²) in [5.41, 5.74) is 0.630. The van der Waals surface area contributed by atoms with Crippen LogP contribution in [0.15, 0.2) is 18.2 Å². The van der Waals surface area contributed by atoms with Crippen molar-refractivity contribution in [3.05, 3.63) is 29.6 Å². The van der Waals surface area contributed by atoms with Gasteiger partial charge < -0.3 is 5.32 Å². The third-order valence-corrected chi connectivity index (χ3v) is 2.04. The van der Waals surface area contributed by atoms with Crippen LogP contribution in [-0.2, 0) is 0 Å². The summed E-state index contributed by atoms with van der Waals surface area (Å²) in [4.78, 5) is 0. The van der Waals surface area contributed by atoms with Crippen LogP contribution in [0.2, 0.25) is 0 Å². The van der Waals surface area contributed by atoms with E-state index in [9.17, 15) is 4.39 Å². The van der Waals surface area contributed by atoms with Crippen LogP contribution in [0.25, 0.3) is 0 Å². The van der Waals surface area contributed by atoms with E-state index in [1.54, 1.807) is 6.07 Å². The Morgan fingerprint density at radius 1 is 1.60 bits per heavy atom. The Hall–Kier alpha value is -2.00. The van der Waals surface area contributed by atoms with E-state index in [1.165, 1.54) is 12.1 Å². The maximum absolute atomic E-state index is 13.4. The summed E-state index contributed by atoms with van der Waals surface area (Å²) >= 11 is 0. The summed E-state index contributed by atoms with van der Waals surface area (Å²) in [5.74, 6) is 2.06. The van der Waals surface area contributed by atoms with Crippen molar-refractivity contribution < 1.29 is 4.39 Å². The second-order valence-electron chi connectivity index (χ2n) is 3.08. The van der Waals surface area contributed by atoms with Gasteiger partial charge in [0.1, 0.15) is 5.82 Å². The predicted molar refractivity (Wildman–Crippen MR) is 57.6 cm³/mol. The number of nitriles is 1. The molecule has 0 bridgehead atoms. The molecule has 76 valence electrons. The molecule has 1 N–H and O–H groups in total. The van der Waals surface area contributed by atoms with Gasteiger partial charge in [0.25, 0.3) is 0 Å². The maximum atomic E-state index is 13.4. The van der Waals surface area contributed by atoms with Crippen molar-refractivity contribution in [3.63, 3.8) is 0 Å². The monoisotopic (exact) mass is 202 g/mol. The standard InChI is InChI=1S/C12H11FN2/c1-3-10(4-2)15-12-6-5-9(8-14)7-11(12)13/h1,5-7,10,15H,4H2,2H3. The first kappa shape index (κ1) is 11.1. The van der Waals surface area contributed by atoms with Crippen molar-refractivity contribution in [1.29, 1.82) is 5.26 Å². The Morgan fingerprint density at radius 3 is 2.80 bits per heavy atom. The molecule has 0 spiro atoms. The molecule has 0 fully saturated rings. The smallest absolute Gasteiger partial charge is 0.147 e. The van der Waals surface area contributed by atoms with Crippen molar-refractivity contribution >= 4 is 5.69 Å². The lowest BCUT2D eigenvalue weighted by molar-refractivity contribution is 0.627. The molecule has 0 heterocycles. The zero-order valence-corrected chi connectivity index (χ0v) is 8.42. The van der Waals surface area contributed by atoms with Gasteiger partial charge in [0, 0.05) is 0 Å². The number of terminal acetylenes is 1. The van der Waals surface area contributed by atoms with E-state index in [0.717, 1.165) is 6.42 Å². The third-order valence-electron chi connectivity index (χ3n) is 2.04. The summed E-state index contributed by atoms with van der Waals surface area (Å²) < 4.78 is 13.4. The van der Waals surface area contributed by atoms with E-state index in [2.05, 4.69) is 11.2 Å². The first-order valence-electron chi connectivity index (χ1n) is 4.63. The lowest BCUT2D eigenvalue weighted by atomic mass is 10.2. The second-order valence-corrected chi connectivity index (χ2v) is 3.08. The third kappa shape index (κ3) is 2.72. The molecule has 0 aromatic heterocycles. The van der Waals surface area contributed by atoms with Crippen LogP contribution in [-0.4, -0.2) is 6.04 Å². The number of hydrogen-bond acceptors (Lipinski definition) is 2. The molecular weight excluding hydrogens is 191 g/mol. The molecule has 0 aliphatic rings. The molecule has 1 rings (SSSR count). The molecule has 0 aliphatic heterocycles. The molecule has 2 nitrogen and oxygen atoms in total. The first-order chi connectivity index (χ1) is 7.21. The summed E-state index contributed by atoms with van der Waals surface area (Å²) in [6.45, 7) is 1.92. The van der Waals surface area contributed by atoms with Crippen LogP contribution in [0.4, 0.5) is 10.1 Å². The van der Waals surface area contributed by atoms with Gasteiger partial charge in [-0.3, -0.25) is 0 Å². The average molecular weight is 202 g/mol. The van der Waals surface area contributed by atoms with Gasteiger partial charge in [-0.05, 0) is 24.6 Å². The van der Waals surface area contributed by atoms with Gasteiger partial charge in [-0.2, -0.15) is 5.26 Å². The lowest BCUT2D eigenvalue weighted by Gasteiger charge is -2.12. The Bertz CT molecular complexity index is 426. The molecule has 1 aromatic carbocycles. The van der Waals surface area contributed by atoms with Crippen LogP contribution in [0.3, 0.4) is 0 Å². The molecule has 0 saturated heterocycles. The maximum Gasteiger partial charge on any atom is 0.147 e. The zero-order valence-electron chi connectivity index (χ0n) is 8.42. The number of hydrogen-bond donors (Lipinski definition) is 1. The van der Waals surface area contributed by atoms with Crippen molar-refractivity contribution in [2.45, 2.75) is 19.4 Å². The summed E-state index contributed by atoms with van der Waals surface area (Å²) in [6, 6.07) is 5.94. The van der Waals surface area contributed by atoms with Crippen LogP contribution in [0.1, 0.15) is 18.9 Å². The highest BCUT2D eigenvalue weighted by molar-refractivity contribution is 5.50. The van der Waals surface area contributed by atoms with E-state index in [-0.39, 0.29) is 6.04 Å². The average Bonchev–Trinajstić information content (AvgIpc) is 2.27. The van der Waals surface area contributed by atoms with Crippen LogP contribution < -0.4 is 5.32 Å². The van der Waals surface area contributed by atoms with E-state index >= 15 is 0 Å². The fraction of sp³-hybridized carbons (Fsp3) is 0.250. The normalized spacial score (nSPS) is 11.2. The minimum absolute atomic E-state index is 0.188. The minimum Gasteiger partial charge on any atom is -0.369 e. The fourth-order valence-corrected chi connectivity index (χ4v) is 1.15. The van der Waals surface area contributed by atoms with Crippen LogP contribution >= 0.6 is 0 Å². The van der Waals surface area contributed by atoms with Gasteiger partial charge in [-0.25, -0.2) is 4.39 Å². The van der Waals surface area contributed by atoms with Gasteiger partial charge in [-0.15, -0.1) is 6.42 Å². The molecular formula is C12H11FN2. The van der Waals surface area contributed by atoms with Gasteiger partial charge in [0.2, 0.25) is 0 Å². The molecule has 1 unspecified atom stereocenters. The van der Waals surface area contributed by atoms with E-state index in [0.29, 0.717) is 11.3 Å². The van der Waals surface area contributed by atoms with E-state index in [1.807, 2.05) is 13.0 Å². The van der Waals surface area contributed by atoms with E-state index in [4.69, 9.17) is 11.7 Å². The molecule has 1 atom stereocenters. The quantitative estimate of drug-likeness (QED) is 0.764. The summed E-state index contributed by atoms with van der Waals surface area (Å²) in [6.07, 6.45) is 5.97. The Morgan fingerprint density at radius 2 is 2.33 bits per heavy atom. The van der Waals surface area contributed by atoms with Gasteiger partial charge in [-0.1, -0.05) is 12.8 Å². The molecule has 3 heteroatoms. The number of halogens is 1. The summed E-state index contributed by atoms with van der Waals surface area (Å²) in [7, 11) is 0. The van der Waals surface area contributed by atoms with Crippen LogP contribution in [0.5, 0.6) is 0 Å². The molecule has 15 heavy (non-hydrogen) atoms. The number of nitrogens with one attached hydrogen (secondary N) is 1. The number of anilines is 1. The molecule has 0 saturated carbocycles. The lowest BCUT2D eigenvalue weighted by Crippen LogP contribution is -2.16. The predicted octanol–water partition coefficient (Wildman–Crippen LogP) is 2.52. The molecule has 0 amide bonds. The largest absolute Gasteiger partial charge is 0.369 e. The van der Waals surface area contributed by atoms with Crippen molar-refractivity contribution in [2.75, 3.05) is 5.32 Å². The van der Waals surface area contributed by atoms with Crippen molar-refractivity contribution in [2.24, 2.45) is 0 Å². The zero-order chi connectivity index (χ0) is 11.3. The van der Waals surface area contributed by atoms with Crippen LogP contribution in [0, 0.1) is 29.5 Å². The Balaban J connectivity index is 2.89. The van der Waals surface area contributed by atoms with Crippen molar-refractivity contribution in [1.82, 2.24) is 0 Å². The number of benzene rings is 1. The van der Waals surface area contributed by atoms with Gasteiger partial charge >= 0.3 is 0 Å². The summed E-state index contributed by atoms with van der Waals surface area (Å²) in [5, 5.41) is 11.4. The molecule has 0 aliphatic carbocycles. The highest BCUT2D eigenvalue weighted by Crippen LogP contribution is 2.16. The number of rotatable bonds is 3. The fourth-order valence-electron chi connectivity index (χ4n) is 1.15. The second kappa shape index (κ2) is 5.02.